The van der Waals surface area contributed by atoms with E-state index in [1.807, 2.05) is 20.8 Å². The topological polar surface area (TPSA) is 170 Å². The van der Waals surface area contributed by atoms with Gasteiger partial charge >= 0.3 is 18.0 Å². The Bertz CT molecular complexity index is 1120. The van der Waals surface area contributed by atoms with Crippen LogP contribution in [0.1, 0.15) is 99.3 Å². The molecule has 43 heavy (non-hydrogen) atoms. The fourth-order valence-corrected chi connectivity index (χ4v) is 4.90. The summed E-state index contributed by atoms with van der Waals surface area (Å²) in [6, 6.07) is 0. The number of nitrogens with zero attached hydrogens (tertiary/aromatic N) is 3. The highest BCUT2D eigenvalue weighted by Crippen LogP contribution is 2.33. The minimum atomic E-state index is -1.88. The zero-order valence-corrected chi connectivity index (χ0v) is 26.0. The third kappa shape index (κ3) is 10.2. The Labute approximate surface area is 251 Å². The Morgan fingerprint density at radius 2 is 1.58 bits per heavy atom. The van der Waals surface area contributed by atoms with Crippen molar-refractivity contribution in [3.63, 3.8) is 0 Å². The Balaban J connectivity index is 1.56. The maximum atomic E-state index is 13.3. The highest BCUT2D eigenvalue weighted by molar-refractivity contribution is 6.03. The van der Waals surface area contributed by atoms with Gasteiger partial charge in [0.15, 0.2) is 0 Å². The minimum Gasteiger partial charge on any atom is -0.460 e. The molecule has 2 saturated heterocycles. The summed E-state index contributed by atoms with van der Waals surface area (Å²) in [5, 5.41) is 7.06. The van der Waals surface area contributed by atoms with Crippen LogP contribution in [0.3, 0.4) is 0 Å². The van der Waals surface area contributed by atoms with E-state index in [-0.39, 0.29) is 38.3 Å². The smallest absolute Gasteiger partial charge is 0.410 e. The number of esters is 1. The van der Waals surface area contributed by atoms with E-state index in [0.29, 0.717) is 36.2 Å². The van der Waals surface area contributed by atoms with Gasteiger partial charge in [-0.3, -0.25) is 19.2 Å². The van der Waals surface area contributed by atoms with E-state index in [1.165, 1.54) is 0 Å². The van der Waals surface area contributed by atoms with Crippen LogP contribution >= 0.6 is 0 Å². The fraction of sp³-hybridized carbons (Fsp3) is 0.759. The van der Waals surface area contributed by atoms with Gasteiger partial charge in [-0.1, -0.05) is 5.16 Å². The van der Waals surface area contributed by atoms with Gasteiger partial charge < -0.3 is 29.4 Å². The van der Waals surface area contributed by atoms with Gasteiger partial charge in [-0.25, -0.2) is 9.59 Å². The van der Waals surface area contributed by atoms with Gasteiger partial charge in [0, 0.05) is 38.9 Å². The van der Waals surface area contributed by atoms with E-state index in [4.69, 9.17) is 19.1 Å². The van der Waals surface area contributed by atoms with Crippen LogP contribution in [0.5, 0.6) is 0 Å². The molecular formula is C29H44N4O10. The molecule has 0 aromatic rings. The lowest BCUT2D eigenvalue weighted by atomic mass is 9.87. The van der Waals surface area contributed by atoms with Gasteiger partial charge in [-0.15, -0.1) is 5.06 Å². The Kier molecular flexibility index (Phi) is 10.8. The first-order valence-corrected chi connectivity index (χ1v) is 14.7. The predicted molar refractivity (Wildman–Crippen MR) is 151 cm³/mol. The zero-order valence-electron chi connectivity index (χ0n) is 26.0. The second-order valence-electron chi connectivity index (χ2n) is 13.2. The molecule has 0 bridgehead atoms. The average Bonchev–Trinajstić information content (AvgIpc) is 3.44. The molecule has 14 nitrogen and oxygen atoms in total. The average molecular weight is 609 g/mol. The molecule has 0 aliphatic carbocycles. The van der Waals surface area contributed by atoms with Crippen LogP contribution in [-0.2, 0) is 43.1 Å². The maximum Gasteiger partial charge on any atom is 0.410 e. The molecule has 2 fully saturated rings. The molecule has 3 aliphatic heterocycles. The summed E-state index contributed by atoms with van der Waals surface area (Å²) in [4.78, 5) is 86.9. The van der Waals surface area contributed by atoms with Gasteiger partial charge in [-0.05, 0) is 73.1 Å². The third-order valence-corrected chi connectivity index (χ3v) is 7.02. The number of imide groups is 1. The summed E-state index contributed by atoms with van der Waals surface area (Å²) in [6.07, 6.45) is 1.61. The van der Waals surface area contributed by atoms with Crippen molar-refractivity contribution in [3.8, 4) is 0 Å². The fourth-order valence-electron chi connectivity index (χ4n) is 4.90. The van der Waals surface area contributed by atoms with Crippen molar-refractivity contribution in [1.29, 1.82) is 0 Å². The molecule has 14 heteroatoms. The molecule has 3 rings (SSSR count). The van der Waals surface area contributed by atoms with Crippen molar-refractivity contribution in [2.24, 2.45) is 11.1 Å². The summed E-state index contributed by atoms with van der Waals surface area (Å²) in [7, 11) is 0. The van der Waals surface area contributed by atoms with Gasteiger partial charge in [0.2, 0.25) is 11.5 Å². The lowest BCUT2D eigenvalue weighted by Crippen LogP contribution is -2.48. The Morgan fingerprint density at radius 1 is 0.977 bits per heavy atom. The van der Waals surface area contributed by atoms with Crippen molar-refractivity contribution in [2.45, 2.75) is 116 Å². The number of oxime groups is 1. The van der Waals surface area contributed by atoms with E-state index in [1.54, 1.807) is 25.7 Å². The van der Waals surface area contributed by atoms with Crippen molar-refractivity contribution in [3.05, 3.63) is 0 Å². The number of amides is 4. The molecule has 4 amide bonds. The molecule has 240 valence electrons. The van der Waals surface area contributed by atoms with Crippen molar-refractivity contribution >= 4 is 41.5 Å². The van der Waals surface area contributed by atoms with Crippen molar-refractivity contribution in [1.82, 2.24) is 15.3 Å². The molecule has 0 saturated carbocycles. The van der Waals surface area contributed by atoms with Crippen LogP contribution in [0.25, 0.3) is 0 Å². The zero-order chi connectivity index (χ0) is 32.0. The van der Waals surface area contributed by atoms with E-state index in [2.05, 4.69) is 10.5 Å². The second kappa shape index (κ2) is 13.7. The van der Waals surface area contributed by atoms with E-state index in [0.717, 1.165) is 19.3 Å². The van der Waals surface area contributed by atoms with Gasteiger partial charge in [-0.2, -0.15) is 0 Å². The molecule has 0 aromatic carbocycles. The van der Waals surface area contributed by atoms with Gasteiger partial charge in [0.05, 0.1) is 18.6 Å². The van der Waals surface area contributed by atoms with Gasteiger partial charge in [0.1, 0.15) is 11.2 Å². The predicted octanol–water partition coefficient (Wildman–Crippen LogP) is 2.77. The largest absolute Gasteiger partial charge is 0.460 e. The quantitative estimate of drug-likeness (QED) is 0.287. The summed E-state index contributed by atoms with van der Waals surface area (Å²) in [6.45, 7) is 11.8. The highest BCUT2D eigenvalue weighted by Gasteiger charge is 2.52. The summed E-state index contributed by atoms with van der Waals surface area (Å²) in [5.74, 6) is -3.19. The molecular weight excluding hydrogens is 564 g/mol. The molecule has 0 spiro atoms. The SMILES string of the molecule is CC(C)(C)OC(=O)CCNC(=O)CC1(C(=O)ON2C(=O)CCC2=O)CC(CCC2CCN(C(=O)OC(C)(C)C)CC2)=NO1. The number of hydroxylamine groups is 2. The molecule has 1 N–H and O–H groups in total. The number of likely N-dealkylation sites (tertiary alicyclic amines) is 1. The summed E-state index contributed by atoms with van der Waals surface area (Å²) < 4.78 is 10.7. The molecule has 0 radical (unpaired) electrons. The van der Waals surface area contributed by atoms with Crippen LogP contribution < -0.4 is 5.32 Å². The van der Waals surface area contributed by atoms with E-state index in [9.17, 15) is 28.8 Å². The van der Waals surface area contributed by atoms with Crippen molar-refractivity contribution in [2.75, 3.05) is 19.6 Å². The van der Waals surface area contributed by atoms with Crippen LogP contribution in [0, 0.1) is 5.92 Å². The summed E-state index contributed by atoms with van der Waals surface area (Å²) >= 11 is 0. The van der Waals surface area contributed by atoms with Crippen LogP contribution in [0.2, 0.25) is 0 Å². The Morgan fingerprint density at radius 3 is 2.16 bits per heavy atom. The molecule has 1 unspecified atom stereocenters. The lowest BCUT2D eigenvalue weighted by Gasteiger charge is -2.33. The highest BCUT2D eigenvalue weighted by atomic mass is 16.8. The molecule has 3 heterocycles. The van der Waals surface area contributed by atoms with E-state index >= 15 is 0 Å². The normalized spacial score (nSPS) is 21.3. The second-order valence-corrected chi connectivity index (χ2v) is 13.2. The maximum absolute atomic E-state index is 13.3. The summed E-state index contributed by atoms with van der Waals surface area (Å²) in [5.41, 5.74) is -2.58. The van der Waals surface area contributed by atoms with Crippen LogP contribution in [0.4, 0.5) is 4.79 Å². The number of hydrogen-bond donors (Lipinski definition) is 1. The monoisotopic (exact) mass is 608 g/mol. The van der Waals surface area contributed by atoms with E-state index < -0.39 is 52.9 Å². The minimum absolute atomic E-state index is 0.0301. The number of nitrogens with one attached hydrogen (secondary N) is 1. The van der Waals surface area contributed by atoms with Crippen LogP contribution in [0.15, 0.2) is 5.16 Å². The number of carbonyl (C=O) groups is 6. The number of piperidine rings is 1. The lowest BCUT2D eigenvalue weighted by molar-refractivity contribution is -0.213. The van der Waals surface area contributed by atoms with Crippen molar-refractivity contribution < 1.29 is 47.9 Å². The first-order chi connectivity index (χ1) is 20.0. The number of carbonyl (C=O) groups excluding carboxylic acids is 6. The number of rotatable bonds is 10. The third-order valence-electron chi connectivity index (χ3n) is 7.02. The number of hydrogen-bond acceptors (Lipinski definition) is 11. The number of ether oxygens (including phenoxy) is 2. The Hall–Kier alpha value is -3.71. The first-order valence-electron chi connectivity index (χ1n) is 14.7. The molecule has 1 atom stereocenters. The first kappa shape index (κ1) is 33.8. The van der Waals surface area contributed by atoms with Gasteiger partial charge in [0.25, 0.3) is 11.8 Å². The van der Waals surface area contributed by atoms with Crippen LogP contribution in [-0.4, -0.2) is 87.9 Å². The molecule has 3 aliphatic rings. The molecule has 0 aromatic heterocycles. The standard InChI is InChI=1S/C29H44N4O10/c1-27(2,3)40-24(37)11-14-30-21(34)18-29(25(38)42-33-22(35)9-10-23(33)36)17-20(31-43-29)8-7-19-12-15-32(16-13-19)26(39)41-28(4,5)6/h19H,7-18H2,1-6H3,(H,30,34).